The second kappa shape index (κ2) is 4.52. The van der Waals surface area contributed by atoms with Crippen LogP contribution in [-0.4, -0.2) is 23.3 Å². The standard InChI is InChI=1S/C10H6F3NO3S/c11-10(12,13)17-7-3-1-6(2-4-7)14-8(15)5-18-9(14)16/h1-4H,5H2. The van der Waals surface area contributed by atoms with Gasteiger partial charge in [0.2, 0.25) is 5.91 Å². The Bertz CT molecular complexity index is 470. The zero-order valence-electron chi connectivity index (χ0n) is 8.73. The van der Waals surface area contributed by atoms with Gasteiger partial charge in [-0.25, -0.2) is 4.90 Å². The van der Waals surface area contributed by atoms with Crippen molar-refractivity contribution in [1.29, 1.82) is 0 Å². The van der Waals surface area contributed by atoms with Crippen LogP contribution in [0.25, 0.3) is 0 Å². The van der Waals surface area contributed by atoms with Crippen molar-refractivity contribution in [3.63, 3.8) is 0 Å². The molecule has 96 valence electrons. The fourth-order valence-corrected chi connectivity index (χ4v) is 2.11. The minimum absolute atomic E-state index is 0.0413. The van der Waals surface area contributed by atoms with E-state index in [0.717, 1.165) is 28.8 Å². The summed E-state index contributed by atoms with van der Waals surface area (Å²) in [6, 6.07) is 4.55. The Hall–Kier alpha value is -1.70. The number of ether oxygens (including phenoxy) is 1. The summed E-state index contributed by atoms with van der Waals surface area (Å²) in [5, 5.41) is -0.440. The van der Waals surface area contributed by atoms with Gasteiger partial charge in [0.25, 0.3) is 5.24 Å². The van der Waals surface area contributed by atoms with Crippen LogP contribution in [0.2, 0.25) is 0 Å². The molecule has 0 unspecified atom stereocenters. The molecule has 0 radical (unpaired) electrons. The average Bonchev–Trinajstić information content (AvgIpc) is 2.58. The molecular formula is C10H6F3NO3S. The zero-order valence-corrected chi connectivity index (χ0v) is 9.55. The van der Waals surface area contributed by atoms with E-state index in [0.29, 0.717) is 0 Å². The summed E-state index contributed by atoms with van der Waals surface area (Å²) >= 11 is 0.849. The third kappa shape index (κ3) is 2.76. The molecule has 0 aliphatic carbocycles. The summed E-state index contributed by atoms with van der Waals surface area (Å²) in [6.07, 6.45) is -4.77. The van der Waals surface area contributed by atoms with Gasteiger partial charge in [-0.3, -0.25) is 9.59 Å². The molecule has 1 heterocycles. The van der Waals surface area contributed by atoms with Crippen molar-refractivity contribution in [3.8, 4) is 5.75 Å². The van der Waals surface area contributed by atoms with E-state index >= 15 is 0 Å². The molecular weight excluding hydrogens is 271 g/mol. The molecule has 2 rings (SSSR count). The highest BCUT2D eigenvalue weighted by Crippen LogP contribution is 2.29. The van der Waals surface area contributed by atoms with Gasteiger partial charge in [-0.1, -0.05) is 11.8 Å². The number of hydrogen-bond donors (Lipinski definition) is 0. The van der Waals surface area contributed by atoms with Gasteiger partial charge in [-0.15, -0.1) is 13.2 Å². The molecule has 1 aliphatic heterocycles. The summed E-state index contributed by atoms with van der Waals surface area (Å²) in [6.45, 7) is 0. The smallest absolute Gasteiger partial charge is 0.406 e. The zero-order chi connectivity index (χ0) is 13.3. The number of amides is 2. The molecule has 0 bridgehead atoms. The van der Waals surface area contributed by atoms with Gasteiger partial charge in [0, 0.05) is 0 Å². The Balaban J connectivity index is 2.17. The Kier molecular flexibility index (Phi) is 3.20. The first-order valence-electron chi connectivity index (χ1n) is 4.72. The van der Waals surface area contributed by atoms with Gasteiger partial charge < -0.3 is 4.74 Å². The van der Waals surface area contributed by atoms with Gasteiger partial charge in [0.15, 0.2) is 0 Å². The lowest BCUT2D eigenvalue weighted by Gasteiger charge is -2.14. The highest BCUT2D eigenvalue weighted by molar-refractivity contribution is 8.15. The van der Waals surface area contributed by atoms with Crippen LogP contribution in [0, 0.1) is 0 Å². The SMILES string of the molecule is O=C1CSC(=O)N1c1ccc(OC(F)(F)F)cc1. The topological polar surface area (TPSA) is 46.6 Å². The maximum absolute atomic E-state index is 11.9. The molecule has 4 nitrogen and oxygen atoms in total. The molecule has 0 aromatic heterocycles. The van der Waals surface area contributed by atoms with E-state index in [1.54, 1.807) is 0 Å². The number of carbonyl (C=O) groups is 2. The lowest BCUT2D eigenvalue weighted by Crippen LogP contribution is -2.28. The third-order valence-electron chi connectivity index (χ3n) is 2.08. The monoisotopic (exact) mass is 277 g/mol. The first-order valence-corrected chi connectivity index (χ1v) is 5.71. The minimum Gasteiger partial charge on any atom is -0.406 e. The summed E-state index contributed by atoms with van der Waals surface area (Å²) in [5.41, 5.74) is 0.226. The largest absolute Gasteiger partial charge is 0.573 e. The van der Waals surface area contributed by atoms with Crippen molar-refractivity contribution < 1.29 is 27.5 Å². The average molecular weight is 277 g/mol. The fraction of sp³-hybridized carbons (Fsp3) is 0.200. The summed E-state index contributed by atoms with van der Waals surface area (Å²) in [5.74, 6) is -0.757. The van der Waals surface area contributed by atoms with Crippen molar-refractivity contribution in [3.05, 3.63) is 24.3 Å². The molecule has 1 aliphatic rings. The number of anilines is 1. The number of benzene rings is 1. The number of thioether (sulfide) groups is 1. The maximum atomic E-state index is 11.9. The molecule has 1 aromatic carbocycles. The van der Waals surface area contributed by atoms with Crippen LogP contribution in [0.5, 0.6) is 5.75 Å². The highest BCUT2D eigenvalue weighted by atomic mass is 32.2. The van der Waals surface area contributed by atoms with Gasteiger partial charge in [0.1, 0.15) is 5.75 Å². The number of nitrogens with zero attached hydrogens (tertiary/aromatic N) is 1. The number of hydrogen-bond acceptors (Lipinski definition) is 4. The van der Waals surface area contributed by atoms with E-state index in [2.05, 4.69) is 4.74 Å². The van der Waals surface area contributed by atoms with Crippen LogP contribution in [0.4, 0.5) is 23.7 Å². The molecule has 0 saturated carbocycles. The van der Waals surface area contributed by atoms with E-state index in [9.17, 15) is 22.8 Å². The van der Waals surface area contributed by atoms with Crippen LogP contribution in [-0.2, 0) is 4.79 Å². The van der Waals surface area contributed by atoms with Crippen LogP contribution in [0.1, 0.15) is 0 Å². The lowest BCUT2D eigenvalue weighted by molar-refractivity contribution is -0.274. The van der Waals surface area contributed by atoms with Crippen molar-refractivity contribution >= 4 is 28.6 Å². The van der Waals surface area contributed by atoms with Crippen LogP contribution < -0.4 is 9.64 Å². The molecule has 8 heteroatoms. The summed E-state index contributed by atoms with van der Waals surface area (Å²) in [4.78, 5) is 23.6. The first kappa shape index (κ1) is 12.7. The summed E-state index contributed by atoms with van der Waals surface area (Å²) < 4.78 is 39.4. The normalized spacial score (nSPS) is 16.3. The van der Waals surface area contributed by atoms with Crippen LogP contribution >= 0.6 is 11.8 Å². The minimum atomic E-state index is -4.77. The first-order chi connectivity index (χ1) is 8.37. The molecule has 1 fully saturated rings. The molecule has 0 spiro atoms. The second-order valence-electron chi connectivity index (χ2n) is 3.33. The molecule has 2 amide bonds. The lowest BCUT2D eigenvalue weighted by atomic mass is 10.3. The van der Waals surface area contributed by atoms with Crippen molar-refractivity contribution in [2.24, 2.45) is 0 Å². The third-order valence-corrected chi connectivity index (χ3v) is 2.90. The quantitative estimate of drug-likeness (QED) is 0.834. The van der Waals surface area contributed by atoms with E-state index in [4.69, 9.17) is 0 Å². The summed E-state index contributed by atoms with van der Waals surface area (Å²) in [7, 11) is 0. The molecule has 18 heavy (non-hydrogen) atoms. The Morgan fingerprint density at radius 3 is 2.22 bits per heavy atom. The number of imide groups is 1. The van der Waals surface area contributed by atoms with Gasteiger partial charge in [-0.05, 0) is 24.3 Å². The maximum Gasteiger partial charge on any atom is 0.573 e. The second-order valence-corrected chi connectivity index (χ2v) is 4.25. The molecule has 1 saturated heterocycles. The van der Waals surface area contributed by atoms with Gasteiger partial charge in [0.05, 0.1) is 11.4 Å². The van der Waals surface area contributed by atoms with E-state index in [-0.39, 0.29) is 11.4 Å². The van der Waals surface area contributed by atoms with Crippen molar-refractivity contribution in [2.45, 2.75) is 6.36 Å². The Morgan fingerprint density at radius 2 is 1.78 bits per heavy atom. The van der Waals surface area contributed by atoms with Gasteiger partial charge >= 0.3 is 6.36 Å². The van der Waals surface area contributed by atoms with Gasteiger partial charge in [-0.2, -0.15) is 0 Å². The number of carbonyl (C=O) groups excluding carboxylic acids is 2. The van der Waals surface area contributed by atoms with E-state index in [1.807, 2.05) is 0 Å². The van der Waals surface area contributed by atoms with E-state index < -0.39 is 23.3 Å². The Morgan fingerprint density at radius 1 is 1.17 bits per heavy atom. The van der Waals surface area contributed by atoms with E-state index in [1.165, 1.54) is 12.1 Å². The predicted molar refractivity (Wildman–Crippen MR) is 58.5 cm³/mol. The van der Waals surface area contributed by atoms with Crippen LogP contribution in [0.15, 0.2) is 24.3 Å². The fourth-order valence-electron chi connectivity index (χ4n) is 1.40. The van der Waals surface area contributed by atoms with Crippen molar-refractivity contribution in [2.75, 3.05) is 10.7 Å². The van der Waals surface area contributed by atoms with Crippen molar-refractivity contribution in [1.82, 2.24) is 0 Å². The predicted octanol–water partition coefficient (Wildman–Crippen LogP) is 2.79. The molecule has 0 N–H and O–H groups in total. The number of halogens is 3. The molecule has 1 aromatic rings. The highest BCUT2D eigenvalue weighted by Gasteiger charge is 2.33. The molecule has 0 atom stereocenters. The van der Waals surface area contributed by atoms with Crippen LogP contribution in [0.3, 0.4) is 0 Å². The number of alkyl halides is 3. The Labute approximate surface area is 104 Å². The number of rotatable bonds is 2.